The Morgan fingerprint density at radius 1 is 0.351 bits per heavy atom. The molecule has 0 aliphatic carbocycles. The maximum Gasteiger partial charge on any atom is 0.136 e. The molecule has 0 atom stereocenters. The number of furan rings is 1. The van der Waals surface area contributed by atoms with Gasteiger partial charge in [0.05, 0.1) is 0 Å². The minimum absolute atomic E-state index is 0.905. The largest absolute Gasteiger partial charge is 0.456 e. The first kappa shape index (κ1) is 20.3. The summed E-state index contributed by atoms with van der Waals surface area (Å²) in [6.07, 6.45) is 0. The van der Waals surface area contributed by atoms with Crippen LogP contribution in [0.5, 0.6) is 0 Å². The summed E-state index contributed by atoms with van der Waals surface area (Å²) in [5.41, 5.74) is 4.59. The van der Waals surface area contributed by atoms with Crippen LogP contribution in [0.25, 0.3) is 76.5 Å². The van der Waals surface area contributed by atoms with Crippen molar-refractivity contribution in [3.05, 3.63) is 133 Å². The Labute approximate surface area is 214 Å². The average Bonchev–Trinajstić information content (AvgIpc) is 3.36. The summed E-state index contributed by atoms with van der Waals surface area (Å²) < 4.78 is 6.59. The van der Waals surface area contributed by atoms with E-state index in [9.17, 15) is 0 Å². The van der Waals surface area contributed by atoms with Gasteiger partial charge >= 0.3 is 0 Å². The molecule has 8 aromatic rings. The Balaban J connectivity index is 1.51. The van der Waals surface area contributed by atoms with E-state index < -0.39 is 0 Å². The number of hydrogen-bond donors (Lipinski definition) is 0. The zero-order valence-corrected chi connectivity index (χ0v) is 20.1. The van der Waals surface area contributed by atoms with Crippen molar-refractivity contribution >= 4 is 54.1 Å². The van der Waals surface area contributed by atoms with Crippen molar-refractivity contribution in [2.75, 3.05) is 0 Å². The van der Waals surface area contributed by atoms with Crippen LogP contribution in [0.3, 0.4) is 0 Å². The van der Waals surface area contributed by atoms with Crippen LogP contribution < -0.4 is 0 Å². The molecular formula is C36H22O. The number of hydrogen-bond acceptors (Lipinski definition) is 1. The molecule has 37 heavy (non-hydrogen) atoms. The van der Waals surface area contributed by atoms with E-state index in [4.69, 9.17) is 4.42 Å². The smallest absolute Gasteiger partial charge is 0.136 e. The Kier molecular flexibility index (Phi) is 4.29. The van der Waals surface area contributed by atoms with Gasteiger partial charge in [-0.25, -0.2) is 0 Å². The molecule has 172 valence electrons. The van der Waals surface area contributed by atoms with E-state index >= 15 is 0 Å². The van der Waals surface area contributed by atoms with Crippen LogP contribution in [0.1, 0.15) is 0 Å². The first-order chi connectivity index (χ1) is 18.3. The van der Waals surface area contributed by atoms with Gasteiger partial charge in [-0.2, -0.15) is 0 Å². The Bertz CT molecular complexity index is 2030. The van der Waals surface area contributed by atoms with Crippen molar-refractivity contribution in [1.29, 1.82) is 0 Å². The van der Waals surface area contributed by atoms with E-state index in [1.807, 2.05) is 0 Å². The summed E-state index contributed by atoms with van der Waals surface area (Å²) >= 11 is 0. The van der Waals surface area contributed by atoms with Crippen LogP contribution in [0.2, 0.25) is 0 Å². The van der Waals surface area contributed by atoms with Crippen molar-refractivity contribution in [2.45, 2.75) is 0 Å². The van der Waals surface area contributed by atoms with Gasteiger partial charge in [-0.15, -0.1) is 0 Å². The molecule has 1 nitrogen and oxygen atoms in total. The van der Waals surface area contributed by atoms with Gasteiger partial charge in [-0.1, -0.05) is 115 Å². The van der Waals surface area contributed by atoms with Crippen LogP contribution in [-0.4, -0.2) is 0 Å². The fraction of sp³-hybridized carbons (Fsp3) is 0. The lowest BCUT2D eigenvalue weighted by atomic mass is 9.86. The number of rotatable bonds is 2. The van der Waals surface area contributed by atoms with E-state index in [0.29, 0.717) is 0 Å². The van der Waals surface area contributed by atoms with Crippen molar-refractivity contribution in [3.8, 4) is 22.5 Å². The van der Waals surface area contributed by atoms with Crippen LogP contribution in [0.4, 0.5) is 0 Å². The summed E-state index contributed by atoms with van der Waals surface area (Å²) in [5.74, 6) is 0.905. The molecule has 0 N–H and O–H groups in total. The fourth-order valence-electron chi connectivity index (χ4n) is 5.98. The zero-order chi connectivity index (χ0) is 24.3. The Hall–Kier alpha value is -4.88. The lowest BCUT2D eigenvalue weighted by Crippen LogP contribution is -1.90. The topological polar surface area (TPSA) is 13.1 Å². The Morgan fingerprint density at radius 2 is 0.865 bits per heavy atom. The Morgan fingerprint density at radius 3 is 1.54 bits per heavy atom. The van der Waals surface area contributed by atoms with Crippen LogP contribution in [0.15, 0.2) is 138 Å². The molecule has 0 saturated heterocycles. The van der Waals surface area contributed by atoms with Gasteiger partial charge in [0, 0.05) is 10.9 Å². The maximum atomic E-state index is 6.59. The second-order valence-electron chi connectivity index (χ2n) is 9.72. The van der Waals surface area contributed by atoms with Gasteiger partial charge < -0.3 is 4.42 Å². The molecule has 1 aromatic heterocycles. The third-order valence-corrected chi connectivity index (χ3v) is 7.62. The quantitative estimate of drug-likeness (QED) is 0.229. The molecule has 0 saturated carbocycles. The highest BCUT2D eigenvalue weighted by molar-refractivity contribution is 6.23. The summed E-state index contributed by atoms with van der Waals surface area (Å²) in [5, 5.41) is 10.9. The second kappa shape index (κ2) is 7.81. The molecule has 0 amide bonds. The molecule has 1 heterocycles. The lowest BCUT2D eigenvalue weighted by Gasteiger charge is -2.17. The predicted molar refractivity (Wildman–Crippen MR) is 157 cm³/mol. The lowest BCUT2D eigenvalue weighted by molar-refractivity contribution is 0.633. The number of benzene rings is 7. The van der Waals surface area contributed by atoms with Crippen LogP contribution >= 0.6 is 0 Å². The standard InChI is InChI=1S/C36H22O/c1-2-12-25-21-33-26(20-24(25)11-1)22-34(37-33)36-31-17-7-5-15-29(31)35(30-16-6-8-18-32(30)36)28-19-9-13-23-10-3-4-14-27(23)28/h1-22H. The van der Waals surface area contributed by atoms with E-state index in [1.54, 1.807) is 0 Å². The minimum atomic E-state index is 0.905. The highest BCUT2D eigenvalue weighted by Gasteiger charge is 2.19. The summed E-state index contributed by atoms with van der Waals surface area (Å²) in [6, 6.07) is 47.8. The zero-order valence-electron chi connectivity index (χ0n) is 20.1. The third-order valence-electron chi connectivity index (χ3n) is 7.62. The van der Waals surface area contributed by atoms with Crippen molar-refractivity contribution < 1.29 is 4.42 Å². The van der Waals surface area contributed by atoms with Gasteiger partial charge in [0.2, 0.25) is 0 Å². The summed E-state index contributed by atoms with van der Waals surface area (Å²) in [6.45, 7) is 0. The highest BCUT2D eigenvalue weighted by Crippen LogP contribution is 2.46. The molecule has 0 unspecified atom stereocenters. The normalized spacial score (nSPS) is 11.8. The molecule has 8 rings (SSSR count). The van der Waals surface area contributed by atoms with Gasteiger partial charge in [0.1, 0.15) is 11.3 Å². The first-order valence-corrected chi connectivity index (χ1v) is 12.7. The van der Waals surface area contributed by atoms with Gasteiger partial charge in [0.25, 0.3) is 0 Å². The molecule has 0 bridgehead atoms. The predicted octanol–water partition coefficient (Wildman–Crippen LogP) is 10.4. The minimum Gasteiger partial charge on any atom is -0.456 e. The molecule has 0 radical (unpaired) electrons. The van der Waals surface area contributed by atoms with E-state index in [1.165, 1.54) is 54.2 Å². The monoisotopic (exact) mass is 470 g/mol. The molecule has 1 heteroatoms. The summed E-state index contributed by atoms with van der Waals surface area (Å²) in [7, 11) is 0. The van der Waals surface area contributed by atoms with Gasteiger partial charge in [-0.3, -0.25) is 0 Å². The van der Waals surface area contributed by atoms with E-state index in [0.717, 1.165) is 22.3 Å². The molecule has 0 spiro atoms. The number of fused-ring (bicyclic) bond motifs is 5. The van der Waals surface area contributed by atoms with Gasteiger partial charge in [0.15, 0.2) is 0 Å². The highest BCUT2D eigenvalue weighted by atomic mass is 16.3. The van der Waals surface area contributed by atoms with Crippen LogP contribution in [-0.2, 0) is 0 Å². The third kappa shape index (κ3) is 3.04. The average molecular weight is 471 g/mol. The van der Waals surface area contributed by atoms with E-state index in [-0.39, 0.29) is 0 Å². The molecular weight excluding hydrogens is 448 g/mol. The SMILES string of the molecule is c1ccc2cc3oc(-c4c5ccccc5c(-c5cccc6ccccc56)c5ccccc45)cc3cc2c1. The molecule has 0 aliphatic heterocycles. The van der Waals surface area contributed by atoms with Crippen molar-refractivity contribution in [1.82, 2.24) is 0 Å². The van der Waals surface area contributed by atoms with Crippen molar-refractivity contribution in [2.24, 2.45) is 0 Å². The summed E-state index contributed by atoms with van der Waals surface area (Å²) in [4.78, 5) is 0. The molecule has 7 aromatic carbocycles. The van der Waals surface area contributed by atoms with E-state index in [2.05, 4.69) is 133 Å². The molecule has 0 aliphatic rings. The fourth-order valence-corrected chi connectivity index (χ4v) is 5.98. The second-order valence-corrected chi connectivity index (χ2v) is 9.72. The van der Waals surface area contributed by atoms with Crippen LogP contribution in [0, 0.1) is 0 Å². The van der Waals surface area contributed by atoms with Gasteiger partial charge in [-0.05, 0) is 72.4 Å². The molecule has 0 fully saturated rings. The maximum absolute atomic E-state index is 6.59. The van der Waals surface area contributed by atoms with Crippen molar-refractivity contribution in [3.63, 3.8) is 0 Å². The first-order valence-electron chi connectivity index (χ1n) is 12.7.